The number of carbonyl (C=O) groups excluding carboxylic acids is 3. The molecule has 2 aromatic carbocycles. The molecule has 0 bridgehead atoms. The monoisotopic (exact) mass is 468 g/mol. The van der Waals surface area contributed by atoms with Crippen molar-refractivity contribution < 1.29 is 19.1 Å². The number of hydrazine groups is 1. The van der Waals surface area contributed by atoms with E-state index in [2.05, 4.69) is 21.5 Å². The second-order valence-corrected chi connectivity index (χ2v) is 7.07. The van der Waals surface area contributed by atoms with Crippen LogP contribution in [0.15, 0.2) is 48.5 Å². The summed E-state index contributed by atoms with van der Waals surface area (Å²) in [4.78, 5) is 35.5. The molecule has 0 radical (unpaired) electrons. The van der Waals surface area contributed by atoms with Gasteiger partial charge in [0.15, 0.2) is 11.7 Å². The predicted molar refractivity (Wildman–Crippen MR) is 118 cm³/mol. The summed E-state index contributed by atoms with van der Waals surface area (Å²) < 4.78 is 5.27. The molecule has 158 valence electrons. The van der Waals surface area contributed by atoms with Crippen LogP contribution < -0.4 is 26.2 Å². The molecule has 0 heterocycles. The molecule has 8 nitrogen and oxygen atoms in total. The zero-order valence-corrected chi connectivity index (χ0v) is 17.9. The van der Waals surface area contributed by atoms with Crippen molar-refractivity contribution in [3.05, 3.63) is 58.6 Å². The van der Waals surface area contributed by atoms with Crippen molar-refractivity contribution in [2.75, 3.05) is 11.9 Å². The molecule has 0 aromatic heterocycles. The fourth-order valence-corrected chi connectivity index (χ4v) is 2.54. The van der Waals surface area contributed by atoms with Crippen LogP contribution in [0.25, 0.3) is 0 Å². The van der Waals surface area contributed by atoms with E-state index in [0.29, 0.717) is 21.5 Å². The molecule has 0 saturated carbocycles. The second kappa shape index (κ2) is 12.0. The first-order valence-corrected chi connectivity index (χ1v) is 9.81. The van der Waals surface area contributed by atoms with Gasteiger partial charge in [0.1, 0.15) is 5.75 Å². The standard InChI is InChI=1S/C19H18Cl2N4O4S/c20-12-5-7-13(8-6-12)29-11-18(28)23-19(30)25-24-17(27)10-9-16(26)22-15-4-2-1-3-14(15)21/h1-8H,9-11H2,(H,22,26)(H,24,27)(H2,23,25,28,30). The summed E-state index contributed by atoms with van der Waals surface area (Å²) in [6.07, 6.45) is -0.160. The van der Waals surface area contributed by atoms with Crippen LogP contribution in [-0.2, 0) is 14.4 Å². The summed E-state index contributed by atoms with van der Waals surface area (Å²) in [5.41, 5.74) is 5.13. The third-order valence-corrected chi connectivity index (χ3v) is 4.26. The van der Waals surface area contributed by atoms with Crippen molar-refractivity contribution in [1.29, 1.82) is 0 Å². The van der Waals surface area contributed by atoms with Crippen LogP contribution in [0, 0.1) is 0 Å². The van der Waals surface area contributed by atoms with Gasteiger partial charge >= 0.3 is 0 Å². The third kappa shape index (κ3) is 8.64. The molecular weight excluding hydrogens is 451 g/mol. The van der Waals surface area contributed by atoms with E-state index in [1.807, 2.05) is 0 Å². The lowest BCUT2D eigenvalue weighted by Gasteiger charge is -2.11. The van der Waals surface area contributed by atoms with E-state index in [1.54, 1.807) is 48.5 Å². The Bertz CT molecular complexity index is 925. The fourth-order valence-electron chi connectivity index (χ4n) is 2.06. The highest BCUT2D eigenvalue weighted by Gasteiger charge is 2.10. The summed E-state index contributed by atoms with van der Waals surface area (Å²) in [5, 5.41) is 5.79. The van der Waals surface area contributed by atoms with E-state index in [0.717, 1.165) is 0 Å². The first-order valence-electron chi connectivity index (χ1n) is 8.65. The van der Waals surface area contributed by atoms with E-state index >= 15 is 0 Å². The molecular formula is C19H18Cl2N4O4S. The van der Waals surface area contributed by atoms with Gasteiger partial charge in [-0.25, -0.2) is 0 Å². The van der Waals surface area contributed by atoms with Crippen molar-refractivity contribution in [1.82, 2.24) is 16.2 Å². The van der Waals surface area contributed by atoms with Crippen LogP contribution in [-0.4, -0.2) is 29.4 Å². The average Bonchev–Trinajstić information content (AvgIpc) is 2.72. The van der Waals surface area contributed by atoms with E-state index in [4.69, 9.17) is 40.2 Å². The molecule has 4 N–H and O–H groups in total. The van der Waals surface area contributed by atoms with Gasteiger partial charge in [-0.15, -0.1) is 0 Å². The average molecular weight is 469 g/mol. The highest BCUT2D eigenvalue weighted by atomic mass is 35.5. The Labute approximate surface area is 188 Å². The van der Waals surface area contributed by atoms with Crippen LogP contribution in [0.2, 0.25) is 10.0 Å². The van der Waals surface area contributed by atoms with Crippen molar-refractivity contribution >= 4 is 63.9 Å². The minimum atomic E-state index is -0.518. The molecule has 0 fully saturated rings. The molecule has 0 spiro atoms. The maximum Gasteiger partial charge on any atom is 0.264 e. The highest BCUT2D eigenvalue weighted by Crippen LogP contribution is 2.20. The van der Waals surface area contributed by atoms with Gasteiger partial charge in [0.2, 0.25) is 11.8 Å². The lowest BCUT2D eigenvalue weighted by molar-refractivity contribution is -0.125. The molecule has 0 atom stereocenters. The van der Waals surface area contributed by atoms with Gasteiger partial charge in [-0.1, -0.05) is 35.3 Å². The first kappa shape index (κ1) is 23.4. The number of thiocarbonyl (C=S) groups is 1. The minimum Gasteiger partial charge on any atom is -0.484 e. The largest absolute Gasteiger partial charge is 0.484 e. The summed E-state index contributed by atoms with van der Waals surface area (Å²) in [7, 11) is 0. The molecule has 0 unspecified atom stereocenters. The number of hydrogen-bond donors (Lipinski definition) is 4. The molecule has 0 aliphatic carbocycles. The van der Waals surface area contributed by atoms with Crippen LogP contribution in [0.4, 0.5) is 5.69 Å². The van der Waals surface area contributed by atoms with Crippen molar-refractivity contribution in [2.45, 2.75) is 12.8 Å². The van der Waals surface area contributed by atoms with Crippen molar-refractivity contribution in [3.8, 4) is 5.75 Å². The number of rotatable bonds is 7. The number of anilines is 1. The Morgan fingerprint density at radius 1 is 0.867 bits per heavy atom. The Hall–Kier alpha value is -2.88. The molecule has 0 saturated heterocycles. The quantitative estimate of drug-likeness (QED) is 0.367. The van der Waals surface area contributed by atoms with Gasteiger partial charge in [-0.3, -0.25) is 30.6 Å². The van der Waals surface area contributed by atoms with Crippen LogP contribution in [0.1, 0.15) is 12.8 Å². The van der Waals surface area contributed by atoms with Crippen LogP contribution >= 0.6 is 35.4 Å². The smallest absolute Gasteiger partial charge is 0.264 e. The van der Waals surface area contributed by atoms with Gasteiger partial charge in [0.05, 0.1) is 10.7 Å². The lowest BCUT2D eigenvalue weighted by Crippen LogP contribution is -2.49. The topological polar surface area (TPSA) is 109 Å². The van der Waals surface area contributed by atoms with Crippen LogP contribution in [0.5, 0.6) is 5.75 Å². The Morgan fingerprint density at radius 2 is 1.53 bits per heavy atom. The molecule has 30 heavy (non-hydrogen) atoms. The van der Waals surface area contributed by atoms with E-state index < -0.39 is 11.8 Å². The van der Waals surface area contributed by atoms with Gasteiger partial charge in [0, 0.05) is 17.9 Å². The molecule has 2 rings (SSSR count). The summed E-state index contributed by atoms with van der Waals surface area (Å²) in [6.45, 7) is -0.278. The van der Waals surface area contributed by atoms with Gasteiger partial charge in [-0.2, -0.15) is 0 Å². The zero-order valence-electron chi connectivity index (χ0n) is 15.5. The van der Waals surface area contributed by atoms with Gasteiger partial charge in [-0.05, 0) is 48.6 Å². The summed E-state index contributed by atoms with van der Waals surface area (Å²) in [6, 6.07) is 13.3. The molecule has 0 aliphatic rings. The first-order chi connectivity index (χ1) is 14.3. The second-order valence-electron chi connectivity index (χ2n) is 5.82. The normalized spacial score (nSPS) is 9.93. The van der Waals surface area contributed by atoms with Crippen molar-refractivity contribution in [3.63, 3.8) is 0 Å². The number of para-hydroxylation sites is 1. The minimum absolute atomic E-state index is 0.0627. The summed E-state index contributed by atoms with van der Waals surface area (Å²) >= 11 is 16.6. The Morgan fingerprint density at radius 3 is 2.23 bits per heavy atom. The van der Waals surface area contributed by atoms with Gasteiger partial charge < -0.3 is 10.1 Å². The number of nitrogens with one attached hydrogen (secondary N) is 4. The fraction of sp³-hybridized carbons (Fsp3) is 0.158. The van der Waals surface area contributed by atoms with E-state index in [9.17, 15) is 14.4 Å². The summed E-state index contributed by atoms with van der Waals surface area (Å²) in [5.74, 6) is -0.903. The number of hydrogen-bond acceptors (Lipinski definition) is 5. The molecule has 3 amide bonds. The van der Waals surface area contributed by atoms with E-state index in [-0.39, 0.29) is 30.5 Å². The number of halogens is 2. The molecule has 2 aromatic rings. The zero-order chi connectivity index (χ0) is 21.9. The number of benzene rings is 2. The van der Waals surface area contributed by atoms with E-state index in [1.165, 1.54) is 0 Å². The van der Waals surface area contributed by atoms with Crippen LogP contribution in [0.3, 0.4) is 0 Å². The SMILES string of the molecule is O=C(CCC(=O)Nc1ccccc1Cl)NNC(=S)NC(=O)COc1ccc(Cl)cc1. The maximum absolute atomic E-state index is 11.9. The Kier molecular flexibility index (Phi) is 9.33. The third-order valence-electron chi connectivity index (χ3n) is 3.48. The van der Waals surface area contributed by atoms with Crippen molar-refractivity contribution in [2.24, 2.45) is 0 Å². The predicted octanol–water partition coefficient (Wildman–Crippen LogP) is 2.81. The maximum atomic E-state index is 11.9. The highest BCUT2D eigenvalue weighted by molar-refractivity contribution is 7.80. The number of amides is 3. The lowest BCUT2D eigenvalue weighted by atomic mass is 10.2. The molecule has 0 aliphatic heterocycles. The number of carbonyl (C=O) groups is 3. The molecule has 11 heteroatoms. The number of ether oxygens (including phenoxy) is 1. The Balaban J connectivity index is 1.62. The van der Waals surface area contributed by atoms with Gasteiger partial charge in [0.25, 0.3) is 5.91 Å².